The van der Waals surface area contributed by atoms with Crippen molar-refractivity contribution < 1.29 is 36.6 Å². The maximum Gasteiger partial charge on any atom is 0.416 e. The van der Waals surface area contributed by atoms with Crippen molar-refractivity contribution in [3.63, 3.8) is 0 Å². The second-order valence-electron chi connectivity index (χ2n) is 11.5. The number of rotatable bonds is 4. The van der Waals surface area contributed by atoms with Crippen LogP contribution in [0.4, 0.5) is 37.7 Å². The molecule has 10 heteroatoms. The van der Waals surface area contributed by atoms with Crippen LogP contribution in [0, 0.1) is 0 Å². The summed E-state index contributed by atoms with van der Waals surface area (Å²) < 4.78 is 80.7. The largest absolute Gasteiger partial charge is 0.507 e. The van der Waals surface area contributed by atoms with Crippen molar-refractivity contribution in [1.82, 2.24) is 0 Å². The molecule has 0 aliphatic carbocycles. The molecule has 0 bridgehead atoms. The van der Waals surface area contributed by atoms with Gasteiger partial charge in [0, 0.05) is 34.7 Å². The van der Waals surface area contributed by atoms with Crippen molar-refractivity contribution in [3.05, 3.63) is 81.9 Å². The summed E-state index contributed by atoms with van der Waals surface area (Å²) in [6, 6.07) is 9.50. The maximum absolute atomic E-state index is 13.4. The van der Waals surface area contributed by atoms with E-state index in [-0.39, 0.29) is 33.8 Å². The summed E-state index contributed by atoms with van der Waals surface area (Å²) in [7, 11) is 0. The van der Waals surface area contributed by atoms with Gasteiger partial charge < -0.3 is 10.2 Å². The van der Waals surface area contributed by atoms with Gasteiger partial charge in [0.2, 0.25) is 0 Å². The molecule has 0 spiro atoms. The minimum absolute atomic E-state index is 0.100. The molecule has 0 aromatic heterocycles. The van der Waals surface area contributed by atoms with E-state index in [4.69, 9.17) is 0 Å². The quantitative estimate of drug-likeness (QED) is 0.245. The molecule has 3 aromatic carbocycles. The van der Waals surface area contributed by atoms with E-state index in [1.165, 1.54) is 24.3 Å². The van der Waals surface area contributed by atoms with Crippen LogP contribution < -0.4 is 0 Å². The molecule has 40 heavy (non-hydrogen) atoms. The average molecular weight is 565 g/mol. The van der Waals surface area contributed by atoms with E-state index < -0.39 is 34.3 Å². The van der Waals surface area contributed by atoms with E-state index in [2.05, 4.69) is 9.98 Å². The van der Waals surface area contributed by atoms with Gasteiger partial charge in [-0.15, -0.1) is 0 Å². The van der Waals surface area contributed by atoms with Gasteiger partial charge in [-0.25, -0.2) is 0 Å². The number of benzene rings is 3. The highest BCUT2D eigenvalue weighted by atomic mass is 19.4. The Morgan fingerprint density at radius 3 is 1.10 bits per heavy atom. The third-order valence-electron chi connectivity index (χ3n) is 6.10. The molecule has 0 saturated heterocycles. The lowest BCUT2D eigenvalue weighted by Crippen LogP contribution is -2.15. The first-order valence-electron chi connectivity index (χ1n) is 12.3. The number of aliphatic imine (C=N–C) groups is 2. The Bertz CT molecular complexity index is 1330. The van der Waals surface area contributed by atoms with Crippen molar-refractivity contribution in [1.29, 1.82) is 0 Å². The molecule has 214 valence electrons. The lowest BCUT2D eigenvalue weighted by atomic mass is 9.84. The zero-order valence-corrected chi connectivity index (χ0v) is 22.8. The highest BCUT2D eigenvalue weighted by Gasteiger charge is 2.35. The Balaban J connectivity index is 1.92. The number of hydrogen-bond donors (Lipinski definition) is 2. The van der Waals surface area contributed by atoms with Gasteiger partial charge in [0.05, 0.1) is 22.5 Å². The van der Waals surface area contributed by atoms with Gasteiger partial charge in [-0.2, -0.15) is 26.3 Å². The van der Waals surface area contributed by atoms with E-state index in [9.17, 15) is 36.6 Å². The van der Waals surface area contributed by atoms with E-state index in [0.717, 1.165) is 36.7 Å². The van der Waals surface area contributed by atoms with Crippen LogP contribution in [0.15, 0.2) is 58.5 Å². The number of nitrogens with zero attached hydrogens (tertiary/aromatic N) is 2. The fourth-order valence-corrected chi connectivity index (χ4v) is 3.89. The van der Waals surface area contributed by atoms with Crippen molar-refractivity contribution in [2.24, 2.45) is 9.98 Å². The number of phenolic OH excluding ortho intramolecular Hbond substituents is 2. The Hall–Kier alpha value is -3.82. The van der Waals surface area contributed by atoms with Crippen molar-refractivity contribution in [2.75, 3.05) is 0 Å². The minimum Gasteiger partial charge on any atom is -0.507 e. The van der Waals surface area contributed by atoms with Crippen LogP contribution in [0.1, 0.15) is 74.9 Å². The van der Waals surface area contributed by atoms with Crippen molar-refractivity contribution in [3.8, 4) is 11.5 Å². The molecule has 0 heterocycles. The standard InChI is InChI=1S/C30H30F6N2O2/c1-27(2,3)23-13-19(29(31,32)33)11-17(25(23)39)15-37-21-7-9-22(10-8-21)38-16-18-12-20(30(34,35)36)14-24(26(18)40)28(4,5)6/h7-16,39-40H,1-6H3. The molecule has 0 amide bonds. The zero-order valence-electron chi connectivity index (χ0n) is 22.8. The summed E-state index contributed by atoms with van der Waals surface area (Å²) in [6.45, 7) is 10.1. The Morgan fingerprint density at radius 1 is 0.550 bits per heavy atom. The predicted molar refractivity (Wildman–Crippen MR) is 145 cm³/mol. The first-order chi connectivity index (χ1) is 18.2. The van der Waals surface area contributed by atoms with E-state index in [1.54, 1.807) is 41.5 Å². The fraction of sp³-hybridized carbons (Fsp3) is 0.333. The lowest BCUT2D eigenvalue weighted by molar-refractivity contribution is -0.138. The molecule has 2 N–H and O–H groups in total. The molecular formula is C30H30F6N2O2. The van der Waals surface area contributed by atoms with Gasteiger partial charge >= 0.3 is 12.4 Å². The summed E-state index contributed by atoms with van der Waals surface area (Å²) in [6.07, 6.45) is -6.96. The summed E-state index contributed by atoms with van der Waals surface area (Å²) >= 11 is 0. The smallest absolute Gasteiger partial charge is 0.416 e. The first kappa shape index (κ1) is 30.7. The second kappa shape index (κ2) is 10.6. The van der Waals surface area contributed by atoms with Gasteiger partial charge in [-0.05, 0) is 59.4 Å². The molecule has 4 nitrogen and oxygen atoms in total. The van der Waals surface area contributed by atoms with E-state index >= 15 is 0 Å². The number of alkyl halides is 6. The number of halogens is 6. The maximum atomic E-state index is 13.4. The Morgan fingerprint density at radius 2 is 0.850 bits per heavy atom. The van der Waals surface area contributed by atoms with Crippen LogP contribution in [0.2, 0.25) is 0 Å². The monoisotopic (exact) mass is 564 g/mol. The SMILES string of the molecule is CC(C)(C)c1cc(C(F)(F)F)cc(C=Nc2ccc(N=Cc3cc(C(F)(F)F)cc(C(C)(C)C)c3O)cc2)c1O. The topological polar surface area (TPSA) is 65.2 Å². The van der Waals surface area contributed by atoms with Gasteiger partial charge in [-0.1, -0.05) is 41.5 Å². The summed E-state index contributed by atoms with van der Waals surface area (Å²) in [5, 5.41) is 21.2. The van der Waals surface area contributed by atoms with E-state index in [0.29, 0.717) is 11.4 Å². The first-order valence-corrected chi connectivity index (χ1v) is 12.3. The minimum atomic E-state index is -4.61. The van der Waals surface area contributed by atoms with Gasteiger partial charge in [0.15, 0.2) is 0 Å². The van der Waals surface area contributed by atoms with Crippen LogP contribution in [-0.4, -0.2) is 22.6 Å². The van der Waals surface area contributed by atoms with Crippen molar-refractivity contribution >= 4 is 23.8 Å². The molecular weight excluding hydrogens is 534 g/mol. The fourth-order valence-electron chi connectivity index (χ4n) is 3.89. The van der Waals surface area contributed by atoms with E-state index in [1.807, 2.05) is 0 Å². The van der Waals surface area contributed by atoms with Gasteiger partial charge in [0.25, 0.3) is 0 Å². The van der Waals surface area contributed by atoms with Crippen LogP contribution in [0.25, 0.3) is 0 Å². The highest BCUT2D eigenvalue weighted by molar-refractivity contribution is 5.88. The molecule has 3 rings (SSSR count). The average Bonchev–Trinajstić information content (AvgIpc) is 2.80. The number of phenols is 2. The van der Waals surface area contributed by atoms with Gasteiger partial charge in [-0.3, -0.25) is 9.98 Å². The lowest BCUT2D eigenvalue weighted by Gasteiger charge is -2.23. The van der Waals surface area contributed by atoms with Crippen LogP contribution in [-0.2, 0) is 23.2 Å². The Kier molecular flexibility index (Phi) is 8.16. The molecule has 0 fully saturated rings. The highest BCUT2D eigenvalue weighted by Crippen LogP contribution is 2.40. The van der Waals surface area contributed by atoms with Crippen LogP contribution in [0.5, 0.6) is 11.5 Å². The third kappa shape index (κ3) is 7.22. The molecule has 0 atom stereocenters. The number of aromatic hydroxyl groups is 2. The Labute approximate surface area is 228 Å². The number of hydrogen-bond acceptors (Lipinski definition) is 4. The molecule has 0 aliphatic heterocycles. The molecule has 0 saturated carbocycles. The summed E-state index contributed by atoms with van der Waals surface area (Å²) in [5.74, 6) is -0.609. The molecule has 0 radical (unpaired) electrons. The summed E-state index contributed by atoms with van der Waals surface area (Å²) in [5.41, 5.74) is -2.60. The predicted octanol–water partition coefficient (Wildman–Crippen LogP) is 9.23. The van der Waals surface area contributed by atoms with Crippen LogP contribution in [0.3, 0.4) is 0 Å². The van der Waals surface area contributed by atoms with Crippen molar-refractivity contribution in [2.45, 2.75) is 64.7 Å². The van der Waals surface area contributed by atoms with Gasteiger partial charge in [0.1, 0.15) is 11.5 Å². The molecule has 0 aliphatic rings. The molecule has 3 aromatic rings. The third-order valence-corrected chi connectivity index (χ3v) is 6.10. The summed E-state index contributed by atoms with van der Waals surface area (Å²) in [4.78, 5) is 8.33. The second-order valence-corrected chi connectivity index (χ2v) is 11.5. The zero-order chi connectivity index (χ0) is 30.3. The normalized spacial score (nSPS) is 13.5. The van der Waals surface area contributed by atoms with Crippen LogP contribution >= 0.6 is 0 Å². The molecule has 0 unspecified atom stereocenters.